The molecular formula is C24H27F4N3O3. The Labute approximate surface area is 195 Å². The van der Waals surface area contributed by atoms with E-state index < -0.39 is 35.3 Å². The van der Waals surface area contributed by atoms with Gasteiger partial charge >= 0.3 is 12.2 Å². The number of carbonyl (C=O) groups is 1. The first kappa shape index (κ1) is 24.1. The number of hydrogen-bond donors (Lipinski definition) is 2. The minimum absolute atomic E-state index is 0.0833. The Balaban J connectivity index is 1.66. The molecule has 6 nitrogen and oxygen atoms in total. The second-order valence-corrected chi connectivity index (χ2v) is 8.76. The Morgan fingerprint density at radius 1 is 1.15 bits per heavy atom. The second-order valence-electron chi connectivity index (χ2n) is 8.76. The quantitative estimate of drug-likeness (QED) is 0.612. The zero-order chi connectivity index (χ0) is 24.7. The van der Waals surface area contributed by atoms with E-state index in [1.165, 1.54) is 0 Å². The number of nitrogens with two attached hydrogens (primary N) is 1. The summed E-state index contributed by atoms with van der Waals surface area (Å²) in [7, 11) is 3.13. The van der Waals surface area contributed by atoms with Gasteiger partial charge in [-0.3, -0.25) is 4.90 Å². The lowest BCUT2D eigenvalue weighted by atomic mass is 9.65. The molecule has 0 bridgehead atoms. The minimum atomic E-state index is -4.88. The summed E-state index contributed by atoms with van der Waals surface area (Å²) < 4.78 is 65.5. The molecule has 0 unspecified atom stereocenters. The summed E-state index contributed by atoms with van der Waals surface area (Å²) in [5.41, 5.74) is 4.48. The molecule has 0 aromatic heterocycles. The number of carbonyl (C=O) groups excluding carboxylic acids is 1. The van der Waals surface area contributed by atoms with Crippen LogP contribution in [0.2, 0.25) is 0 Å². The molecule has 1 aliphatic heterocycles. The number of primary amides is 1. The predicted molar refractivity (Wildman–Crippen MR) is 119 cm³/mol. The lowest BCUT2D eigenvalue weighted by Gasteiger charge is -2.45. The van der Waals surface area contributed by atoms with Gasteiger partial charge in [-0.25, -0.2) is 9.18 Å². The molecule has 10 heteroatoms. The van der Waals surface area contributed by atoms with E-state index in [1.54, 1.807) is 14.2 Å². The summed E-state index contributed by atoms with van der Waals surface area (Å²) in [5.74, 6) is -0.282. The molecule has 3 N–H and O–H groups in total. The minimum Gasteiger partial charge on any atom is -0.493 e. The number of ether oxygens (including phenoxy) is 2. The fourth-order valence-corrected chi connectivity index (χ4v) is 5.55. The molecule has 1 heterocycles. The molecule has 1 saturated heterocycles. The van der Waals surface area contributed by atoms with Gasteiger partial charge in [0.25, 0.3) is 0 Å². The van der Waals surface area contributed by atoms with E-state index in [-0.39, 0.29) is 11.5 Å². The number of halogens is 4. The fourth-order valence-electron chi connectivity index (χ4n) is 5.55. The fraction of sp³-hybridized carbons (Fsp3) is 0.458. The first-order chi connectivity index (χ1) is 16.1. The third-order valence-corrected chi connectivity index (χ3v) is 7.16. The number of hydrogen-bond acceptors (Lipinski definition) is 4. The number of benzene rings is 2. The molecule has 0 radical (unpaired) electrons. The molecule has 0 spiro atoms. The van der Waals surface area contributed by atoms with Crippen molar-refractivity contribution in [3.05, 3.63) is 53.3 Å². The highest BCUT2D eigenvalue weighted by molar-refractivity contribution is 5.91. The molecule has 2 aliphatic rings. The van der Waals surface area contributed by atoms with Gasteiger partial charge in [0.2, 0.25) is 0 Å². The van der Waals surface area contributed by atoms with Crippen LogP contribution >= 0.6 is 0 Å². The van der Waals surface area contributed by atoms with Crippen molar-refractivity contribution in [2.45, 2.75) is 49.4 Å². The molecule has 34 heavy (non-hydrogen) atoms. The molecule has 2 aromatic rings. The first-order valence-electron chi connectivity index (χ1n) is 11.0. The number of amides is 2. The standard InChI is InChI=1S/C24H27F4N3O3/c1-33-18-7-6-14(12-19(18)34-2)23-9-8-15(13-20(23)30-11-10-23)31(22(29)32)17-5-3-4-16(21(17)25)24(26,27)28/h3-7,12,15,20,30H,8-11,13H2,1-2H3,(H2,29,32)/t15-,20+,23+/m0/s1. The first-order valence-corrected chi connectivity index (χ1v) is 11.0. The number of rotatable bonds is 5. The molecule has 4 rings (SSSR count). The van der Waals surface area contributed by atoms with Crippen LogP contribution in [0.4, 0.5) is 28.0 Å². The van der Waals surface area contributed by atoms with E-state index in [0.29, 0.717) is 36.8 Å². The van der Waals surface area contributed by atoms with Crippen LogP contribution in [0.25, 0.3) is 0 Å². The Morgan fingerprint density at radius 3 is 2.53 bits per heavy atom. The van der Waals surface area contributed by atoms with Crippen LogP contribution in [0.3, 0.4) is 0 Å². The van der Waals surface area contributed by atoms with E-state index in [9.17, 15) is 22.4 Å². The summed E-state index contributed by atoms with van der Waals surface area (Å²) in [6.07, 6.45) is -2.55. The van der Waals surface area contributed by atoms with Gasteiger partial charge in [-0.05, 0) is 62.1 Å². The van der Waals surface area contributed by atoms with Crippen LogP contribution in [0.5, 0.6) is 11.5 Å². The maximum Gasteiger partial charge on any atom is 0.419 e. The molecule has 3 atom stereocenters. The summed E-state index contributed by atoms with van der Waals surface area (Å²) in [4.78, 5) is 13.3. The van der Waals surface area contributed by atoms with E-state index in [4.69, 9.17) is 15.2 Å². The van der Waals surface area contributed by atoms with E-state index >= 15 is 0 Å². The molecule has 2 aromatic carbocycles. The number of methoxy groups -OCH3 is 2. The lowest BCUT2D eigenvalue weighted by molar-refractivity contribution is -0.139. The van der Waals surface area contributed by atoms with Gasteiger partial charge in [0.15, 0.2) is 17.3 Å². The molecule has 184 valence electrons. The third kappa shape index (κ3) is 4.04. The van der Waals surface area contributed by atoms with Crippen molar-refractivity contribution < 1.29 is 31.8 Å². The molecular weight excluding hydrogens is 454 g/mol. The maximum atomic E-state index is 14.9. The van der Waals surface area contributed by atoms with Crippen molar-refractivity contribution in [1.82, 2.24) is 5.32 Å². The summed E-state index contributed by atoms with van der Waals surface area (Å²) in [6, 6.07) is 7.05. The summed E-state index contributed by atoms with van der Waals surface area (Å²) >= 11 is 0. The molecule has 2 fully saturated rings. The topological polar surface area (TPSA) is 76.8 Å². The number of alkyl halides is 3. The average Bonchev–Trinajstić information content (AvgIpc) is 3.23. The molecule has 1 aliphatic carbocycles. The van der Waals surface area contributed by atoms with Crippen LogP contribution in [0, 0.1) is 5.82 Å². The summed E-state index contributed by atoms with van der Waals surface area (Å²) in [6.45, 7) is 0.736. The predicted octanol–water partition coefficient (Wildman–Crippen LogP) is 4.60. The van der Waals surface area contributed by atoms with Crippen molar-refractivity contribution in [3.8, 4) is 11.5 Å². The van der Waals surface area contributed by atoms with Gasteiger partial charge < -0.3 is 20.5 Å². The van der Waals surface area contributed by atoms with Gasteiger partial charge in [0.05, 0.1) is 25.5 Å². The van der Waals surface area contributed by atoms with Crippen molar-refractivity contribution in [2.75, 3.05) is 25.7 Å². The van der Waals surface area contributed by atoms with Crippen LogP contribution in [-0.2, 0) is 11.6 Å². The van der Waals surface area contributed by atoms with Crippen LogP contribution in [-0.4, -0.2) is 38.9 Å². The Hall–Kier alpha value is -3.01. The molecule has 1 saturated carbocycles. The zero-order valence-electron chi connectivity index (χ0n) is 18.9. The monoisotopic (exact) mass is 481 g/mol. The van der Waals surface area contributed by atoms with Crippen molar-refractivity contribution >= 4 is 11.7 Å². The Morgan fingerprint density at radius 2 is 1.88 bits per heavy atom. The van der Waals surface area contributed by atoms with Crippen LogP contribution in [0.1, 0.15) is 36.8 Å². The molecule has 2 amide bonds. The van der Waals surface area contributed by atoms with Crippen molar-refractivity contribution in [1.29, 1.82) is 0 Å². The zero-order valence-corrected chi connectivity index (χ0v) is 18.9. The van der Waals surface area contributed by atoms with Crippen LogP contribution in [0.15, 0.2) is 36.4 Å². The van der Waals surface area contributed by atoms with Crippen LogP contribution < -0.4 is 25.4 Å². The number of nitrogens with one attached hydrogen (secondary N) is 1. The summed E-state index contributed by atoms with van der Waals surface area (Å²) in [5, 5.41) is 3.46. The van der Waals surface area contributed by atoms with Gasteiger partial charge in [0, 0.05) is 17.5 Å². The van der Waals surface area contributed by atoms with Crippen molar-refractivity contribution in [3.63, 3.8) is 0 Å². The van der Waals surface area contributed by atoms with Crippen molar-refractivity contribution in [2.24, 2.45) is 5.73 Å². The number of nitrogens with zero attached hydrogens (tertiary/aromatic N) is 1. The van der Waals surface area contributed by atoms with E-state index in [0.717, 1.165) is 35.6 Å². The normalized spacial score (nSPS) is 24.4. The van der Waals surface area contributed by atoms with Gasteiger partial charge in [-0.2, -0.15) is 13.2 Å². The van der Waals surface area contributed by atoms with E-state index in [1.807, 2.05) is 18.2 Å². The van der Waals surface area contributed by atoms with Gasteiger partial charge in [-0.15, -0.1) is 0 Å². The Bertz CT molecular complexity index is 1080. The highest BCUT2D eigenvalue weighted by atomic mass is 19.4. The largest absolute Gasteiger partial charge is 0.493 e. The second kappa shape index (κ2) is 8.98. The van der Waals surface area contributed by atoms with Gasteiger partial charge in [0.1, 0.15) is 0 Å². The van der Waals surface area contributed by atoms with E-state index in [2.05, 4.69) is 5.32 Å². The van der Waals surface area contributed by atoms with Gasteiger partial charge in [-0.1, -0.05) is 12.1 Å². The third-order valence-electron chi connectivity index (χ3n) is 7.16. The highest BCUT2D eigenvalue weighted by Gasteiger charge is 2.50. The Kier molecular flexibility index (Phi) is 6.37. The maximum absolute atomic E-state index is 14.9. The average molecular weight is 481 g/mol. The number of anilines is 1. The lowest BCUT2D eigenvalue weighted by Crippen LogP contribution is -2.54. The highest BCUT2D eigenvalue weighted by Crippen LogP contribution is 2.48. The number of urea groups is 1. The SMILES string of the molecule is COc1ccc([C@@]23CCN[C@@H]2C[C@@H](N(C(N)=O)c2cccc(C(F)(F)F)c2F)CC3)cc1OC. The number of fused-ring (bicyclic) bond motifs is 1. The smallest absolute Gasteiger partial charge is 0.419 e.